The third-order valence-corrected chi connectivity index (χ3v) is 5.67. The lowest BCUT2D eigenvalue weighted by atomic mass is 9.68. The van der Waals surface area contributed by atoms with Gasteiger partial charge in [-0.15, -0.1) is 11.8 Å². The molecule has 0 fully saturated rings. The number of hydrogen-bond acceptors (Lipinski definition) is 1. The van der Waals surface area contributed by atoms with E-state index in [1.807, 2.05) is 0 Å². The molecule has 3 aromatic rings. The zero-order valence-electron chi connectivity index (χ0n) is 13.1. The first-order chi connectivity index (χ1) is 11.4. The lowest BCUT2D eigenvalue weighted by Crippen LogP contribution is -2.30. The van der Waals surface area contributed by atoms with E-state index in [0.29, 0.717) is 0 Å². The summed E-state index contributed by atoms with van der Waals surface area (Å²) in [6.45, 7) is 0. The van der Waals surface area contributed by atoms with Gasteiger partial charge >= 0.3 is 0 Å². The lowest BCUT2D eigenvalue weighted by molar-refractivity contribution is 0.599. The topological polar surface area (TPSA) is 0 Å². The Morgan fingerprint density at radius 2 is 0.957 bits per heavy atom. The van der Waals surface area contributed by atoms with E-state index in [2.05, 4.69) is 91.0 Å². The molecule has 0 radical (unpaired) electrons. The first kappa shape index (κ1) is 16.2. The van der Waals surface area contributed by atoms with Crippen molar-refractivity contribution in [3.05, 3.63) is 108 Å². The van der Waals surface area contributed by atoms with Crippen LogP contribution < -0.4 is 0 Å². The molecule has 0 nitrogen and oxygen atoms in total. The van der Waals surface area contributed by atoms with E-state index in [1.54, 1.807) is 0 Å². The van der Waals surface area contributed by atoms with Gasteiger partial charge in [0.15, 0.2) is 0 Å². The highest BCUT2D eigenvalue weighted by molar-refractivity contribution is 7.96. The van der Waals surface area contributed by atoms with Gasteiger partial charge in [-0.1, -0.05) is 98.4 Å². The summed E-state index contributed by atoms with van der Waals surface area (Å²) in [7, 11) is 0.0761. The van der Waals surface area contributed by atoms with Gasteiger partial charge < -0.3 is 0 Å². The van der Waals surface area contributed by atoms with Gasteiger partial charge in [-0.05, 0) is 29.3 Å². The van der Waals surface area contributed by atoms with Crippen LogP contribution in [0.5, 0.6) is 0 Å². The van der Waals surface area contributed by atoms with Gasteiger partial charge in [0.1, 0.15) is 0 Å². The van der Waals surface area contributed by atoms with E-state index in [4.69, 9.17) is 11.8 Å². The maximum Gasteiger partial charge on any atom is 0.0454 e. The van der Waals surface area contributed by atoms with Gasteiger partial charge in [0, 0.05) is 5.41 Å². The summed E-state index contributed by atoms with van der Waals surface area (Å²) in [5.41, 5.74) is 3.93. The molecule has 0 saturated carbocycles. The Morgan fingerprint density at radius 3 is 1.26 bits per heavy atom. The van der Waals surface area contributed by atoms with E-state index in [1.165, 1.54) is 16.7 Å². The van der Waals surface area contributed by atoms with Crippen molar-refractivity contribution in [2.75, 3.05) is 6.16 Å². The van der Waals surface area contributed by atoms with Gasteiger partial charge in [-0.25, -0.2) is 0 Å². The van der Waals surface area contributed by atoms with Gasteiger partial charge in [0.2, 0.25) is 0 Å². The fourth-order valence-electron chi connectivity index (χ4n) is 3.38. The van der Waals surface area contributed by atoms with Crippen LogP contribution in [-0.4, -0.2) is 6.16 Å². The maximum atomic E-state index is 5.35. The number of hydrogen-bond donors (Lipinski definition) is 0. The highest BCUT2D eigenvalue weighted by Gasteiger charge is 2.35. The summed E-state index contributed by atoms with van der Waals surface area (Å²) in [6, 6.07) is 32.6. The summed E-state index contributed by atoms with van der Waals surface area (Å²) < 4.78 is 0. The van der Waals surface area contributed by atoms with Crippen molar-refractivity contribution >= 4 is 19.2 Å². The normalized spacial score (nSPS) is 11.8. The molecular weight excluding hydrogens is 315 g/mol. The number of rotatable bonds is 6. The van der Waals surface area contributed by atoms with Crippen molar-refractivity contribution in [3.63, 3.8) is 0 Å². The maximum absolute atomic E-state index is 5.35. The van der Waals surface area contributed by atoms with E-state index in [0.717, 1.165) is 12.6 Å². The third kappa shape index (κ3) is 3.32. The molecule has 0 saturated heterocycles. The summed E-state index contributed by atoms with van der Waals surface area (Å²) >= 11 is 5.35. The standard InChI is InChI=1S/C21H21PS/c23-22-17-16-21(18-10-4-1-5-11-18,19-12-6-2-7-13-19)20-14-8-3-9-15-20/h1-15H,16-17,22H2. The molecule has 0 bridgehead atoms. The van der Waals surface area contributed by atoms with Crippen molar-refractivity contribution in [1.29, 1.82) is 0 Å². The molecule has 0 N–H and O–H groups in total. The van der Waals surface area contributed by atoms with Crippen LogP contribution in [0.15, 0.2) is 91.0 Å². The van der Waals surface area contributed by atoms with E-state index >= 15 is 0 Å². The summed E-state index contributed by atoms with van der Waals surface area (Å²) in [5.74, 6) is 0. The Morgan fingerprint density at radius 1 is 0.609 bits per heavy atom. The molecule has 3 rings (SSSR count). The van der Waals surface area contributed by atoms with Crippen molar-refractivity contribution in [3.8, 4) is 0 Å². The highest BCUT2D eigenvalue weighted by Crippen LogP contribution is 2.42. The molecule has 0 spiro atoms. The molecule has 0 aliphatic heterocycles. The van der Waals surface area contributed by atoms with Gasteiger partial charge in [-0.2, -0.15) is 0 Å². The van der Waals surface area contributed by atoms with Crippen LogP contribution in [0.3, 0.4) is 0 Å². The molecular formula is C21H21PS. The predicted octanol–water partition coefficient (Wildman–Crippen LogP) is 5.28. The van der Waals surface area contributed by atoms with E-state index in [-0.39, 0.29) is 12.8 Å². The Hall–Kier alpha value is -1.69. The van der Waals surface area contributed by atoms with Gasteiger partial charge in [-0.3, -0.25) is 0 Å². The smallest absolute Gasteiger partial charge is 0.0454 e. The molecule has 116 valence electrons. The van der Waals surface area contributed by atoms with E-state index < -0.39 is 0 Å². The number of benzene rings is 3. The fourth-order valence-corrected chi connectivity index (χ4v) is 4.28. The summed E-state index contributed by atoms with van der Waals surface area (Å²) in [4.78, 5) is 0. The second-order valence-corrected chi connectivity index (χ2v) is 7.62. The minimum absolute atomic E-state index is 0.0761. The zero-order chi connectivity index (χ0) is 16.0. The molecule has 0 aliphatic carbocycles. The Labute approximate surface area is 145 Å². The third-order valence-electron chi connectivity index (χ3n) is 4.44. The second kappa shape index (κ2) is 7.73. The minimum atomic E-state index is -0.115. The molecule has 0 amide bonds. The minimum Gasteiger partial charge on any atom is -0.104 e. The largest absolute Gasteiger partial charge is 0.104 e. The van der Waals surface area contributed by atoms with Crippen LogP contribution in [0.4, 0.5) is 0 Å². The Bertz CT molecular complexity index is 642. The first-order valence-electron chi connectivity index (χ1n) is 7.98. The molecule has 0 aromatic heterocycles. The first-order valence-corrected chi connectivity index (χ1v) is 10.7. The molecule has 23 heavy (non-hydrogen) atoms. The van der Waals surface area contributed by atoms with Crippen LogP contribution >= 0.6 is 7.36 Å². The van der Waals surface area contributed by atoms with Crippen LogP contribution in [0.25, 0.3) is 0 Å². The van der Waals surface area contributed by atoms with Crippen LogP contribution in [0.1, 0.15) is 23.1 Å². The van der Waals surface area contributed by atoms with Crippen molar-refractivity contribution in [1.82, 2.24) is 0 Å². The molecule has 0 heterocycles. The SMILES string of the molecule is S=[PH2]CCC(c1ccccc1)(c1ccccc1)c1ccccc1. The monoisotopic (exact) mass is 336 g/mol. The lowest BCUT2D eigenvalue weighted by Gasteiger charge is -2.36. The van der Waals surface area contributed by atoms with Gasteiger partial charge in [0.25, 0.3) is 0 Å². The fraction of sp³-hybridized carbons (Fsp3) is 0.143. The highest BCUT2D eigenvalue weighted by atomic mass is 32.4. The summed E-state index contributed by atoms with van der Waals surface area (Å²) in [5, 5.41) is 0. The quantitative estimate of drug-likeness (QED) is 0.436. The van der Waals surface area contributed by atoms with Gasteiger partial charge in [0.05, 0.1) is 0 Å². The second-order valence-electron chi connectivity index (χ2n) is 5.71. The average molecular weight is 336 g/mol. The van der Waals surface area contributed by atoms with Crippen molar-refractivity contribution in [2.24, 2.45) is 0 Å². The molecule has 1 atom stereocenters. The van der Waals surface area contributed by atoms with Crippen LogP contribution in [-0.2, 0) is 17.2 Å². The van der Waals surface area contributed by atoms with Crippen LogP contribution in [0.2, 0.25) is 0 Å². The van der Waals surface area contributed by atoms with E-state index in [9.17, 15) is 0 Å². The van der Waals surface area contributed by atoms with Crippen LogP contribution in [0, 0.1) is 0 Å². The average Bonchev–Trinajstić information content (AvgIpc) is 2.65. The Balaban J connectivity index is 2.27. The molecule has 1 unspecified atom stereocenters. The molecule has 3 aromatic carbocycles. The molecule has 0 aliphatic rings. The Kier molecular flexibility index (Phi) is 5.43. The van der Waals surface area contributed by atoms with Crippen molar-refractivity contribution < 1.29 is 0 Å². The zero-order valence-corrected chi connectivity index (χ0v) is 15.0. The summed E-state index contributed by atoms with van der Waals surface area (Å²) in [6.07, 6.45) is 2.16. The predicted molar refractivity (Wildman–Crippen MR) is 106 cm³/mol. The van der Waals surface area contributed by atoms with Crippen molar-refractivity contribution in [2.45, 2.75) is 11.8 Å². The molecule has 2 heteroatoms.